The molecule has 6 rings (SSSR count). The molecule has 1 aliphatic carbocycles. The molecule has 6 nitrogen and oxygen atoms in total. The Morgan fingerprint density at radius 1 is 1.03 bits per heavy atom. The van der Waals surface area contributed by atoms with Crippen LogP contribution in [0.15, 0.2) is 30.7 Å². The van der Waals surface area contributed by atoms with Crippen molar-refractivity contribution in [3.8, 4) is 11.3 Å². The summed E-state index contributed by atoms with van der Waals surface area (Å²) in [5.74, 6) is 1.03. The van der Waals surface area contributed by atoms with Crippen LogP contribution in [0.4, 0.5) is 8.78 Å². The predicted molar refractivity (Wildman–Crippen MR) is 109 cm³/mol. The van der Waals surface area contributed by atoms with Crippen molar-refractivity contribution in [2.45, 2.75) is 19.8 Å². The summed E-state index contributed by atoms with van der Waals surface area (Å²) < 4.78 is 31.0. The lowest BCUT2D eigenvalue weighted by Gasteiger charge is -2.16. The van der Waals surface area contributed by atoms with E-state index in [1.807, 2.05) is 38.5 Å². The lowest BCUT2D eigenvalue weighted by molar-refractivity contribution is 0.267. The van der Waals surface area contributed by atoms with E-state index in [2.05, 4.69) is 20.0 Å². The van der Waals surface area contributed by atoms with Crippen LogP contribution in [-0.4, -0.2) is 55.2 Å². The van der Waals surface area contributed by atoms with Gasteiger partial charge in [0.15, 0.2) is 17.1 Å². The summed E-state index contributed by atoms with van der Waals surface area (Å²) in [6, 6.07) is 3.44. The summed E-state index contributed by atoms with van der Waals surface area (Å²) in [7, 11) is 0. The van der Waals surface area contributed by atoms with Crippen LogP contribution >= 0.6 is 0 Å². The standard InChI is InChI=1S/C22H22F2N6/c1-12-5-18(27-30-7-13(2)25-21(12)30)14-6-17(24)22-26-19(11-29(22)8-14)20-15-9-28(4-3-23)10-16(15)20/h5-8,11,15-16,20H,3-4,9-10H2,1-2H3/t15-,16+,20?. The highest BCUT2D eigenvalue weighted by Gasteiger charge is 2.57. The van der Waals surface area contributed by atoms with Crippen LogP contribution in [0, 0.1) is 31.5 Å². The smallest absolute Gasteiger partial charge is 0.173 e. The molecule has 8 heteroatoms. The summed E-state index contributed by atoms with van der Waals surface area (Å²) in [5.41, 5.74) is 5.36. The van der Waals surface area contributed by atoms with Gasteiger partial charge in [-0.1, -0.05) is 0 Å². The summed E-state index contributed by atoms with van der Waals surface area (Å²) in [6.07, 6.45) is 5.70. The van der Waals surface area contributed by atoms with Crippen LogP contribution in [-0.2, 0) is 0 Å². The second-order valence-corrected chi connectivity index (χ2v) is 8.64. The molecule has 1 saturated heterocycles. The van der Waals surface area contributed by atoms with Gasteiger partial charge < -0.3 is 9.30 Å². The zero-order chi connectivity index (χ0) is 20.6. The maximum Gasteiger partial charge on any atom is 0.173 e. The largest absolute Gasteiger partial charge is 0.304 e. The Morgan fingerprint density at radius 2 is 1.83 bits per heavy atom. The highest BCUT2D eigenvalue weighted by Crippen LogP contribution is 2.57. The molecule has 2 fully saturated rings. The number of pyridine rings is 1. The van der Waals surface area contributed by atoms with E-state index in [9.17, 15) is 8.78 Å². The van der Waals surface area contributed by atoms with Crippen LogP contribution in [0.2, 0.25) is 0 Å². The summed E-state index contributed by atoms with van der Waals surface area (Å²) in [5, 5.41) is 4.62. The predicted octanol–water partition coefficient (Wildman–Crippen LogP) is 3.41. The molecular formula is C22H22F2N6. The number of hydrogen-bond donors (Lipinski definition) is 0. The number of halogens is 2. The van der Waals surface area contributed by atoms with Gasteiger partial charge in [-0.3, -0.25) is 0 Å². The number of aryl methyl sites for hydroxylation is 2. The van der Waals surface area contributed by atoms with Gasteiger partial charge in [-0.2, -0.15) is 5.10 Å². The molecule has 0 radical (unpaired) electrons. The topological polar surface area (TPSA) is 50.7 Å². The fraction of sp³-hybridized carbons (Fsp3) is 0.409. The van der Waals surface area contributed by atoms with E-state index in [4.69, 9.17) is 0 Å². The Labute approximate surface area is 172 Å². The molecule has 0 amide bonds. The van der Waals surface area contributed by atoms with Crippen molar-refractivity contribution < 1.29 is 8.78 Å². The number of rotatable bonds is 4. The number of piperidine rings is 1. The fourth-order valence-corrected chi connectivity index (χ4v) is 5.12. The minimum atomic E-state index is -0.357. The van der Waals surface area contributed by atoms with Crippen LogP contribution in [0.3, 0.4) is 0 Å². The molecule has 3 atom stereocenters. The van der Waals surface area contributed by atoms with Gasteiger partial charge in [-0.15, -0.1) is 0 Å². The van der Waals surface area contributed by atoms with Crippen LogP contribution in [0.25, 0.3) is 22.6 Å². The zero-order valence-electron chi connectivity index (χ0n) is 16.9. The zero-order valence-corrected chi connectivity index (χ0v) is 16.9. The number of imidazole rings is 2. The van der Waals surface area contributed by atoms with Crippen LogP contribution in [0.5, 0.6) is 0 Å². The summed E-state index contributed by atoms with van der Waals surface area (Å²) in [4.78, 5) is 11.2. The van der Waals surface area contributed by atoms with Gasteiger partial charge >= 0.3 is 0 Å². The first kappa shape index (κ1) is 17.9. The third-order valence-electron chi connectivity index (χ3n) is 6.56. The second-order valence-electron chi connectivity index (χ2n) is 8.64. The summed E-state index contributed by atoms with van der Waals surface area (Å²) in [6.45, 7) is 5.94. The molecule has 0 aromatic carbocycles. The minimum absolute atomic E-state index is 0.301. The summed E-state index contributed by atoms with van der Waals surface area (Å²) >= 11 is 0. The third-order valence-corrected chi connectivity index (χ3v) is 6.56. The van der Waals surface area contributed by atoms with Crippen LogP contribution < -0.4 is 0 Å². The van der Waals surface area contributed by atoms with Gasteiger partial charge in [0.1, 0.15) is 6.67 Å². The van der Waals surface area contributed by atoms with Crippen LogP contribution in [0.1, 0.15) is 22.9 Å². The Hall–Kier alpha value is -2.87. The second kappa shape index (κ2) is 6.31. The molecule has 30 heavy (non-hydrogen) atoms. The van der Waals surface area contributed by atoms with Gasteiger partial charge in [0.05, 0.1) is 23.3 Å². The number of alkyl halides is 1. The molecule has 4 aromatic rings. The van der Waals surface area contributed by atoms with E-state index < -0.39 is 0 Å². The van der Waals surface area contributed by atoms with Gasteiger partial charge in [-0.25, -0.2) is 23.3 Å². The molecule has 5 heterocycles. The molecule has 0 bridgehead atoms. The van der Waals surface area contributed by atoms with E-state index in [0.29, 0.717) is 41.2 Å². The number of likely N-dealkylation sites (tertiary alicyclic amines) is 1. The Bertz CT molecular complexity index is 1280. The number of hydrogen-bond acceptors (Lipinski definition) is 4. The van der Waals surface area contributed by atoms with Gasteiger partial charge in [0.2, 0.25) is 0 Å². The SMILES string of the molecule is Cc1cn2nc(-c3cc(F)c4nc(C5[C@H]6CN(CCF)C[C@@H]56)cn4c3)cc(C)c2n1. The molecule has 2 aliphatic rings. The normalized spacial score (nSPS) is 23.5. The Morgan fingerprint density at radius 3 is 2.60 bits per heavy atom. The molecule has 1 saturated carbocycles. The molecule has 0 spiro atoms. The maximum atomic E-state index is 14.9. The molecule has 1 aliphatic heterocycles. The van der Waals surface area contributed by atoms with E-state index >= 15 is 0 Å². The minimum Gasteiger partial charge on any atom is -0.304 e. The number of fused-ring (bicyclic) bond motifs is 3. The fourth-order valence-electron chi connectivity index (χ4n) is 5.12. The molecule has 154 valence electrons. The molecular weight excluding hydrogens is 386 g/mol. The van der Waals surface area contributed by atoms with Gasteiger partial charge in [0, 0.05) is 43.5 Å². The first-order valence-electron chi connectivity index (χ1n) is 10.3. The van der Waals surface area contributed by atoms with Crippen molar-refractivity contribution in [3.63, 3.8) is 0 Å². The lowest BCUT2D eigenvalue weighted by atomic mass is 10.1. The first-order valence-corrected chi connectivity index (χ1v) is 10.3. The monoisotopic (exact) mass is 408 g/mol. The molecule has 0 N–H and O–H groups in total. The lowest BCUT2D eigenvalue weighted by Crippen LogP contribution is -2.26. The maximum absolute atomic E-state index is 14.9. The van der Waals surface area contributed by atoms with Gasteiger partial charge in [-0.05, 0) is 43.4 Å². The van der Waals surface area contributed by atoms with E-state index in [1.165, 1.54) is 6.07 Å². The Kier molecular flexibility index (Phi) is 3.78. The van der Waals surface area contributed by atoms with Crippen molar-refractivity contribution >= 4 is 11.3 Å². The van der Waals surface area contributed by atoms with E-state index in [0.717, 1.165) is 35.7 Å². The highest BCUT2D eigenvalue weighted by atomic mass is 19.1. The first-order chi connectivity index (χ1) is 14.5. The van der Waals surface area contributed by atoms with Crippen molar-refractivity contribution in [1.29, 1.82) is 0 Å². The van der Waals surface area contributed by atoms with E-state index in [-0.39, 0.29) is 12.5 Å². The van der Waals surface area contributed by atoms with Gasteiger partial charge in [0.25, 0.3) is 0 Å². The average Bonchev–Trinajstić information content (AvgIpc) is 3.10. The van der Waals surface area contributed by atoms with Crippen molar-refractivity contribution in [3.05, 3.63) is 53.5 Å². The average molecular weight is 408 g/mol. The van der Waals surface area contributed by atoms with Crippen molar-refractivity contribution in [2.24, 2.45) is 11.8 Å². The quantitative estimate of drug-likeness (QED) is 0.519. The third kappa shape index (κ3) is 2.66. The van der Waals surface area contributed by atoms with Crippen molar-refractivity contribution in [2.75, 3.05) is 26.3 Å². The number of nitrogens with zero attached hydrogens (tertiary/aromatic N) is 6. The van der Waals surface area contributed by atoms with E-state index in [1.54, 1.807) is 8.92 Å². The number of aromatic nitrogens is 5. The Balaban J connectivity index is 1.35. The highest BCUT2D eigenvalue weighted by molar-refractivity contribution is 5.64. The molecule has 1 unspecified atom stereocenters. The molecule has 4 aromatic heterocycles. The van der Waals surface area contributed by atoms with Crippen molar-refractivity contribution in [1.82, 2.24) is 28.9 Å².